The minimum atomic E-state index is 0.654. The maximum atomic E-state index is 5.14. The van der Waals surface area contributed by atoms with E-state index in [-0.39, 0.29) is 0 Å². The average molecular weight is 898 g/mol. The Morgan fingerprint density at radius 1 is 0.275 bits per heavy atom. The summed E-state index contributed by atoms with van der Waals surface area (Å²) in [6.45, 7) is 0. The molecule has 0 aliphatic carbocycles. The third-order valence-corrected chi connectivity index (χ3v) is 14.7. The van der Waals surface area contributed by atoms with E-state index in [0.29, 0.717) is 17.5 Å². The number of aromatic nitrogens is 5. The Hall–Kier alpha value is -8.97. The van der Waals surface area contributed by atoms with Gasteiger partial charge >= 0.3 is 0 Å². The smallest absolute Gasteiger partial charge is 0.164 e. The summed E-state index contributed by atoms with van der Waals surface area (Å²) in [5.41, 5.74) is 14.7. The largest absolute Gasteiger partial charge is 0.309 e. The van der Waals surface area contributed by atoms with Gasteiger partial charge in [-0.05, 0) is 101 Å². The normalized spacial score (nSPS) is 11.8. The molecule has 0 amide bonds. The number of hydrogen-bond donors (Lipinski definition) is 0. The predicted molar refractivity (Wildman–Crippen MR) is 289 cm³/mol. The molecule has 10 aromatic carbocycles. The summed E-state index contributed by atoms with van der Waals surface area (Å²) in [5.74, 6) is 1.97. The molecule has 0 spiro atoms. The second-order valence-corrected chi connectivity index (χ2v) is 18.7. The molecule has 4 aromatic heterocycles. The van der Waals surface area contributed by atoms with Crippen molar-refractivity contribution in [3.8, 4) is 67.8 Å². The van der Waals surface area contributed by atoms with E-state index < -0.39 is 0 Å². The fourth-order valence-corrected chi connectivity index (χ4v) is 11.5. The summed E-state index contributed by atoms with van der Waals surface area (Å²) in [5, 5.41) is 7.29. The van der Waals surface area contributed by atoms with Gasteiger partial charge in [0.2, 0.25) is 0 Å². The molecule has 0 atom stereocenters. The number of thiophene rings is 1. The van der Waals surface area contributed by atoms with Crippen LogP contribution < -0.4 is 0 Å². The van der Waals surface area contributed by atoms with Gasteiger partial charge in [0, 0.05) is 69.8 Å². The molecule has 4 heterocycles. The summed E-state index contributed by atoms with van der Waals surface area (Å²) in [4.78, 5) is 15.2. The first-order valence-corrected chi connectivity index (χ1v) is 24.1. The van der Waals surface area contributed by atoms with Gasteiger partial charge in [0.05, 0.1) is 22.1 Å². The highest BCUT2D eigenvalue weighted by Crippen LogP contribution is 2.43. The molecule has 0 unspecified atom stereocenters. The Kier molecular flexibility index (Phi) is 9.00. The minimum Gasteiger partial charge on any atom is -0.309 e. The molecule has 0 bridgehead atoms. The van der Waals surface area contributed by atoms with Crippen LogP contribution in [0.15, 0.2) is 237 Å². The monoisotopic (exact) mass is 897 g/mol. The first-order valence-electron chi connectivity index (χ1n) is 23.3. The molecule has 14 aromatic rings. The first-order chi connectivity index (χ1) is 34.2. The van der Waals surface area contributed by atoms with E-state index in [1.807, 2.05) is 36.4 Å². The summed E-state index contributed by atoms with van der Waals surface area (Å²) >= 11 is 1.81. The summed E-state index contributed by atoms with van der Waals surface area (Å²) in [6.07, 6.45) is 0. The van der Waals surface area contributed by atoms with Crippen LogP contribution in [-0.4, -0.2) is 24.1 Å². The topological polar surface area (TPSA) is 48.5 Å². The zero-order valence-corrected chi connectivity index (χ0v) is 38.0. The zero-order valence-electron chi connectivity index (χ0n) is 37.2. The van der Waals surface area contributed by atoms with E-state index in [2.05, 4.69) is 209 Å². The van der Waals surface area contributed by atoms with Gasteiger partial charge in [-0.25, -0.2) is 15.0 Å². The van der Waals surface area contributed by atoms with Crippen molar-refractivity contribution in [3.05, 3.63) is 237 Å². The van der Waals surface area contributed by atoms with Crippen LogP contribution >= 0.6 is 11.3 Å². The standard InChI is InChI=1S/C63H39N5S/c1-4-15-41(16-5-1)61-64-62(42-17-6-2-7-18-42)66-63(65-61)50-23-14-26-59-60(50)53-39-45(31-36-58(53)69-59)44-30-35-57-52(38-44)49-22-11-13-25-55(49)68(57)47-32-27-40(28-33-47)43-29-34-56-51(37-43)48-21-10-12-24-54(48)67(56)46-19-8-3-9-20-46/h1-39H. The van der Waals surface area contributed by atoms with Crippen LogP contribution in [0.3, 0.4) is 0 Å². The molecule has 6 heteroatoms. The van der Waals surface area contributed by atoms with Crippen molar-refractivity contribution in [2.75, 3.05) is 0 Å². The molecule has 0 aliphatic heterocycles. The van der Waals surface area contributed by atoms with Crippen molar-refractivity contribution in [2.45, 2.75) is 0 Å². The van der Waals surface area contributed by atoms with Crippen LogP contribution in [0.2, 0.25) is 0 Å². The van der Waals surface area contributed by atoms with Crippen LogP contribution in [0.4, 0.5) is 0 Å². The number of rotatable bonds is 7. The molecule has 0 radical (unpaired) electrons. The van der Waals surface area contributed by atoms with Gasteiger partial charge in [-0.1, -0.05) is 158 Å². The molecule has 0 N–H and O–H groups in total. The molecule has 322 valence electrons. The number of benzene rings is 10. The Bertz CT molecular complexity index is 4230. The van der Waals surface area contributed by atoms with Crippen molar-refractivity contribution >= 4 is 75.1 Å². The molecule has 0 fully saturated rings. The minimum absolute atomic E-state index is 0.654. The zero-order chi connectivity index (χ0) is 45.4. The van der Waals surface area contributed by atoms with Gasteiger partial charge in [0.1, 0.15) is 0 Å². The van der Waals surface area contributed by atoms with Crippen molar-refractivity contribution < 1.29 is 0 Å². The van der Waals surface area contributed by atoms with E-state index in [4.69, 9.17) is 15.0 Å². The number of hydrogen-bond acceptors (Lipinski definition) is 4. The van der Waals surface area contributed by atoms with Gasteiger partial charge in [0.15, 0.2) is 17.5 Å². The molecule has 69 heavy (non-hydrogen) atoms. The molecular formula is C63H39N5S. The van der Waals surface area contributed by atoms with E-state index in [9.17, 15) is 0 Å². The Balaban J connectivity index is 0.853. The van der Waals surface area contributed by atoms with Crippen LogP contribution in [0, 0.1) is 0 Å². The molecule has 0 aliphatic rings. The summed E-state index contributed by atoms with van der Waals surface area (Å²) in [7, 11) is 0. The predicted octanol–water partition coefficient (Wildman–Crippen LogP) is 16.8. The van der Waals surface area contributed by atoms with Gasteiger partial charge in [0.25, 0.3) is 0 Å². The van der Waals surface area contributed by atoms with Gasteiger partial charge in [-0.2, -0.15) is 0 Å². The maximum absolute atomic E-state index is 5.14. The molecular weight excluding hydrogens is 859 g/mol. The lowest BCUT2D eigenvalue weighted by Crippen LogP contribution is -2.00. The summed E-state index contributed by atoms with van der Waals surface area (Å²) < 4.78 is 7.19. The second kappa shape index (κ2) is 15.8. The lowest BCUT2D eigenvalue weighted by molar-refractivity contribution is 1.08. The SMILES string of the molecule is c1ccc(-c2nc(-c3ccccc3)nc(-c3cccc4sc5ccc(-c6ccc7c(c6)c6ccccc6n7-c6ccc(-c7ccc8c(c7)c7ccccc7n8-c7ccccc7)cc6)cc5c34)n2)cc1. The van der Waals surface area contributed by atoms with Crippen LogP contribution in [-0.2, 0) is 0 Å². The molecule has 5 nitrogen and oxygen atoms in total. The lowest BCUT2D eigenvalue weighted by atomic mass is 9.99. The van der Waals surface area contributed by atoms with Crippen molar-refractivity contribution in [2.24, 2.45) is 0 Å². The second-order valence-electron chi connectivity index (χ2n) is 17.6. The third-order valence-electron chi connectivity index (χ3n) is 13.6. The number of fused-ring (bicyclic) bond motifs is 9. The van der Waals surface area contributed by atoms with E-state index in [1.54, 1.807) is 11.3 Å². The lowest BCUT2D eigenvalue weighted by Gasteiger charge is -2.11. The quantitative estimate of drug-likeness (QED) is 0.160. The van der Waals surface area contributed by atoms with Crippen molar-refractivity contribution in [1.82, 2.24) is 24.1 Å². The van der Waals surface area contributed by atoms with E-state index in [0.717, 1.165) is 33.3 Å². The Morgan fingerprint density at radius 2 is 0.725 bits per heavy atom. The highest BCUT2D eigenvalue weighted by molar-refractivity contribution is 7.26. The van der Waals surface area contributed by atoms with E-state index >= 15 is 0 Å². The van der Waals surface area contributed by atoms with E-state index in [1.165, 1.54) is 80.8 Å². The summed E-state index contributed by atoms with van der Waals surface area (Å²) in [6, 6.07) is 84.7. The molecule has 0 saturated heterocycles. The van der Waals surface area contributed by atoms with Crippen LogP contribution in [0.5, 0.6) is 0 Å². The van der Waals surface area contributed by atoms with Gasteiger partial charge < -0.3 is 9.13 Å². The molecule has 14 rings (SSSR count). The van der Waals surface area contributed by atoms with Gasteiger partial charge in [-0.3, -0.25) is 0 Å². The number of para-hydroxylation sites is 3. The first kappa shape index (κ1) is 39.2. The van der Waals surface area contributed by atoms with Crippen molar-refractivity contribution in [3.63, 3.8) is 0 Å². The van der Waals surface area contributed by atoms with Crippen LogP contribution in [0.25, 0.3) is 132 Å². The van der Waals surface area contributed by atoms with Crippen molar-refractivity contribution in [1.29, 1.82) is 0 Å². The average Bonchev–Trinajstić information content (AvgIpc) is 4.08. The maximum Gasteiger partial charge on any atom is 0.164 e. The molecule has 0 saturated carbocycles. The Labute approximate surface area is 401 Å². The highest BCUT2D eigenvalue weighted by Gasteiger charge is 2.19. The fourth-order valence-electron chi connectivity index (χ4n) is 10.4. The van der Waals surface area contributed by atoms with Crippen LogP contribution in [0.1, 0.15) is 0 Å². The highest BCUT2D eigenvalue weighted by atomic mass is 32.1. The third kappa shape index (κ3) is 6.49. The Morgan fingerprint density at radius 3 is 1.32 bits per heavy atom. The number of nitrogens with zero attached hydrogens (tertiary/aromatic N) is 5. The fraction of sp³-hybridized carbons (Fsp3) is 0. The van der Waals surface area contributed by atoms with Gasteiger partial charge in [-0.15, -0.1) is 11.3 Å².